The molecular weight excluding hydrogens is 260 g/mol. The van der Waals surface area contributed by atoms with Gasteiger partial charge in [0.05, 0.1) is 0 Å². The normalized spacial score (nSPS) is 11.8. The standard InChI is InChI=1S/C17H30N4/c1-5-7-11-19-17(18-3)20-13-15-9-8-10-16(12-15)14-21(4)6-2/h8-10,12H,5-7,11,13-14H2,1-4H3,(H2,18,19,20). The number of hydrogen-bond acceptors (Lipinski definition) is 2. The Kier molecular flexibility index (Phi) is 8.51. The summed E-state index contributed by atoms with van der Waals surface area (Å²) >= 11 is 0. The van der Waals surface area contributed by atoms with Gasteiger partial charge in [0.25, 0.3) is 0 Å². The molecule has 21 heavy (non-hydrogen) atoms. The van der Waals surface area contributed by atoms with Crippen molar-refractivity contribution in [2.45, 2.75) is 39.8 Å². The summed E-state index contributed by atoms with van der Waals surface area (Å²) in [5.74, 6) is 0.875. The molecule has 1 rings (SSSR count). The molecule has 1 aromatic carbocycles. The van der Waals surface area contributed by atoms with E-state index in [1.54, 1.807) is 0 Å². The average Bonchev–Trinajstić information content (AvgIpc) is 2.51. The summed E-state index contributed by atoms with van der Waals surface area (Å²) in [5, 5.41) is 6.69. The van der Waals surface area contributed by atoms with Gasteiger partial charge in [0, 0.05) is 26.7 Å². The summed E-state index contributed by atoms with van der Waals surface area (Å²) in [6.45, 7) is 8.20. The number of hydrogen-bond donors (Lipinski definition) is 2. The Morgan fingerprint density at radius 3 is 2.62 bits per heavy atom. The maximum Gasteiger partial charge on any atom is 0.191 e. The number of guanidine groups is 1. The summed E-state index contributed by atoms with van der Waals surface area (Å²) in [4.78, 5) is 6.55. The van der Waals surface area contributed by atoms with Crippen LogP contribution in [0.2, 0.25) is 0 Å². The molecule has 0 aromatic heterocycles. The Labute approximate surface area is 129 Å². The molecule has 0 spiro atoms. The molecule has 4 heteroatoms. The fourth-order valence-corrected chi connectivity index (χ4v) is 2.05. The zero-order valence-electron chi connectivity index (χ0n) is 13.9. The van der Waals surface area contributed by atoms with Crippen molar-refractivity contribution in [3.8, 4) is 0 Å². The number of nitrogens with zero attached hydrogens (tertiary/aromatic N) is 2. The number of nitrogens with one attached hydrogen (secondary N) is 2. The van der Waals surface area contributed by atoms with Crippen LogP contribution >= 0.6 is 0 Å². The number of benzene rings is 1. The van der Waals surface area contributed by atoms with Crippen molar-refractivity contribution in [1.82, 2.24) is 15.5 Å². The first-order chi connectivity index (χ1) is 10.2. The van der Waals surface area contributed by atoms with Crippen LogP contribution in [0.15, 0.2) is 29.3 Å². The molecule has 0 unspecified atom stereocenters. The van der Waals surface area contributed by atoms with E-state index in [4.69, 9.17) is 0 Å². The molecule has 0 aliphatic carbocycles. The molecule has 0 saturated carbocycles. The number of unbranched alkanes of at least 4 members (excludes halogenated alkanes) is 1. The fraction of sp³-hybridized carbons (Fsp3) is 0.588. The van der Waals surface area contributed by atoms with Crippen LogP contribution in [-0.4, -0.2) is 38.0 Å². The molecule has 0 saturated heterocycles. The maximum absolute atomic E-state index is 4.25. The van der Waals surface area contributed by atoms with Gasteiger partial charge in [0.1, 0.15) is 0 Å². The summed E-state index contributed by atoms with van der Waals surface area (Å²) < 4.78 is 0. The molecule has 118 valence electrons. The third-order valence-corrected chi connectivity index (χ3v) is 3.49. The second-order valence-corrected chi connectivity index (χ2v) is 5.36. The molecule has 1 aromatic rings. The van der Waals surface area contributed by atoms with E-state index in [9.17, 15) is 0 Å². The van der Waals surface area contributed by atoms with Gasteiger partial charge in [-0.3, -0.25) is 4.99 Å². The van der Waals surface area contributed by atoms with Crippen molar-refractivity contribution in [1.29, 1.82) is 0 Å². The van der Waals surface area contributed by atoms with E-state index >= 15 is 0 Å². The summed E-state index contributed by atoms with van der Waals surface area (Å²) in [6.07, 6.45) is 2.36. The van der Waals surface area contributed by atoms with E-state index in [0.29, 0.717) is 0 Å². The monoisotopic (exact) mass is 290 g/mol. The van der Waals surface area contributed by atoms with E-state index in [1.807, 2.05) is 7.05 Å². The van der Waals surface area contributed by atoms with Crippen LogP contribution in [-0.2, 0) is 13.1 Å². The van der Waals surface area contributed by atoms with Crippen LogP contribution in [0.25, 0.3) is 0 Å². The van der Waals surface area contributed by atoms with Gasteiger partial charge in [-0.05, 0) is 31.1 Å². The molecule has 0 aliphatic rings. The van der Waals surface area contributed by atoms with Crippen LogP contribution in [0.4, 0.5) is 0 Å². The lowest BCUT2D eigenvalue weighted by Gasteiger charge is -2.15. The molecular formula is C17H30N4. The summed E-state index contributed by atoms with van der Waals surface area (Å²) in [5.41, 5.74) is 2.64. The zero-order valence-corrected chi connectivity index (χ0v) is 13.9. The smallest absolute Gasteiger partial charge is 0.191 e. The van der Waals surface area contributed by atoms with Crippen molar-refractivity contribution in [2.24, 2.45) is 4.99 Å². The molecule has 4 nitrogen and oxygen atoms in total. The van der Waals surface area contributed by atoms with E-state index in [-0.39, 0.29) is 0 Å². The van der Waals surface area contributed by atoms with Gasteiger partial charge < -0.3 is 15.5 Å². The minimum atomic E-state index is 0.801. The Morgan fingerprint density at radius 2 is 1.95 bits per heavy atom. The van der Waals surface area contributed by atoms with Crippen LogP contribution < -0.4 is 10.6 Å². The first-order valence-electron chi connectivity index (χ1n) is 7.90. The van der Waals surface area contributed by atoms with E-state index in [1.165, 1.54) is 24.0 Å². The quantitative estimate of drug-likeness (QED) is 0.439. The second kappa shape index (κ2) is 10.2. The van der Waals surface area contributed by atoms with Crippen molar-refractivity contribution in [2.75, 3.05) is 27.2 Å². The molecule has 2 N–H and O–H groups in total. The van der Waals surface area contributed by atoms with Crippen molar-refractivity contribution < 1.29 is 0 Å². The molecule has 0 amide bonds. The van der Waals surface area contributed by atoms with E-state index in [0.717, 1.165) is 32.1 Å². The van der Waals surface area contributed by atoms with Crippen molar-refractivity contribution in [3.05, 3.63) is 35.4 Å². The minimum Gasteiger partial charge on any atom is -0.356 e. The maximum atomic E-state index is 4.25. The third-order valence-electron chi connectivity index (χ3n) is 3.49. The highest BCUT2D eigenvalue weighted by Crippen LogP contribution is 2.07. The lowest BCUT2D eigenvalue weighted by atomic mass is 10.1. The second-order valence-electron chi connectivity index (χ2n) is 5.36. The number of rotatable bonds is 8. The van der Waals surface area contributed by atoms with Crippen molar-refractivity contribution in [3.63, 3.8) is 0 Å². The Morgan fingerprint density at radius 1 is 1.19 bits per heavy atom. The molecule has 0 fully saturated rings. The first kappa shape index (κ1) is 17.5. The predicted molar refractivity (Wildman–Crippen MR) is 91.6 cm³/mol. The van der Waals surface area contributed by atoms with Gasteiger partial charge in [0.15, 0.2) is 5.96 Å². The largest absolute Gasteiger partial charge is 0.356 e. The summed E-state index contributed by atoms with van der Waals surface area (Å²) in [7, 11) is 3.96. The molecule has 0 radical (unpaired) electrons. The fourth-order valence-electron chi connectivity index (χ4n) is 2.05. The Hall–Kier alpha value is -1.55. The lowest BCUT2D eigenvalue weighted by molar-refractivity contribution is 0.345. The van der Waals surface area contributed by atoms with Crippen LogP contribution in [0.5, 0.6) is 0 Å². The predicted octanol–water partition coefficient (Wildman–Crippen LogP) is 2.60. The van der Waals surface area contributed by atoms with Gasteiger partial charge in [-0.1, -0.05) is 44.5 Å². The Bertz CT molecular complexity index is 429. The highest BCUT2D eigenvalue weighted by atomic mass is 15.2. The Balaban J connectivity index is 2.48. The lowest BCUT2D eigenvalue weighted by Crippen LogP contribution is -2.37. The molecule has 0 atom stereocenters. The summed E-state index contributed by atoms with van der Waals surface area (Å²) in [6, 6.07) is 8.73. The van der Waals surface area contributed by atoms with Crippen LogP contribution in [0.1, 0.15) is 37.8 Å². The molecule has 0 aliphatic heterocycles. The highest BCUT2D eigenvalue weighted by molar-refractivity contribution is 5.79. The molecule has 0 bridgehead atoms. The number of aliphatic imine (C=N–C) groups is 1. The third kappa shape index (κ3) is 7.14. The van der Waals surface area contributed by atoms with Crippen LogP contribution in [0, 0.1) is 0 Å². The van der Waals surface area contributed by atoms with Crippen LogP contribution in [0.3, 0.4) is 0 Å². The van der Waals surface area contributed by atoms with Gasteiger partial charge in [-0.25, -0.2) is 0 Å². The zero-order chi connectivity index (χ0) is 15.5. The van der Waals surface area contributed by atoms with E-state index in [2.05, 4.69) is 65.7 Å². The average molecular weight is 290 g/mol. The highest BCUT2D eigenvalue weighted by Gasteiger charge is 2.01. The van der Waals surface area contributed by atoms with Crippen molar-refractivity contribution >= 4 is 5.96 Å². The minimum absolute atomic E-state index is 0.801. The van der Waals surface area contributed by atoms with Gasteiger partial charge in [0.2, 0.25) is 0 Å². The van der Waals surface area contributed by atoms with Gasteiger partial charge >= 0.3 is 0 Å². The van der Waals surface area contributed by atoms with E-state index < -0.39 is 0 Å². The SMILES string of the molecule is CCCCNC(=NC)NCc1cccc(CN(C)CC)c1. The first-order valence-corrected chi connectivity index (χ1v) is 7.90. The molecule has 0 heterocycles. The van der Waals surface area contributed by atoms with Gasteiger partial charge in [-0.2, -0.15) is 0 Å². The topological polar surface area (TPSA) is 39.7 Å². The van der Waals surface area contributed by atoms with Gasteiger partial charge in [-0.15, -0.1) is 0 Å².